The Hall–Kier alpha value is -1.29. The first-order valence-electron chi connectivity index (χ1n) is 6.11. The molecule has 0 spiro atoms. The van der Waals surface area contributed by atoms with Crippen molar-refractivity contribution in [2.75, 3.05) is 11.9 Å². The summed E-state index contributed by atoms with van der Waals surface area (Å²) in [5.74, 6) is 1.48. The van der Waals surface area contributed by atoms with E-state index >= 15 is 0 Å². The number of rotatable bonds is 4. The van der Waals surface area contributed by atoms with Gasteiger partial charge in [-0.15, -0.1) is 0 Å². The maximum absolute atomic E-state index is 4.36. The minimum Gasteiger partial charge on any atom is -0.355 e. The minimum absolute atomic E-state index is 0.594. The van der Waals surface area contributed by atoms with Crippen molar-refractivity contribution >= 4 is 21.9 Å². The van der Waals surface area contributed by atoms with Crippen LogP contribution in [0, 0.1) is 12.8 Å². The van der Waals surface area contributed by atoms with Crippen LogP contribution in [-0.2, 0) is 0 Å². The van der Waals surface area contributed by atoms with Crippen molar-refractivity contribution in [2.24, 2.45) is 5.92 Å². The first-order chi connectivity index (χ1) is 8.58. The number of nitrogens with one attached hydrogen (secondary N) is 1. The van der Waals surface area contributed by atoms with E-state index in [1.165, 1.54) is 5.56 Å². The molecular weight excluding hydrogens is 290 g/mol. The molecule has 1 N–H and O–H groups in total. The van der Waals surface area contributed by atoms with Gasteiger partial charge in [0, 0.05) is 23.4 Å². The second-order valence-corrected chi connectivity index (χ2v) is 5.70. The standard InChI is InChI=1S/C14H18BrN3/c1-10(2)9-17-14-16-6-7-18(14)13-5-4-11(3)8-12(13)15/h4-8,10H,9H2,1-3H3,(H,16,17). The number of aromatic nitrogens is 2. The van der Waals surface area contributed by atoms with Gasteiger partial charge < -0.3 is 5.32 Å². The molecule has 0 aliphatic carbocycles. The predicted octanol–water partition coefficient (Wildman–Crippen LogP) is 4.01. The van der Waals surface area contributed by atoms with Crippen LogP contribution in [0.1, 0.15) is 19.4 Å². The van der Waals surface area contributed by atoms with E-state index in [0.717, 1.165) is 22.7 Å². The molecular formula is C14H18BrN3. The highest BCUT2D eigenvalue weighted by Gasteiger charge is 2.08. The van der Waals surface area contributed by atoms with E-state index in [1.54, 1.807) is 0 Å². The zero-order valence-corrected chi connectivity index (χ0v) is 12.5. The number of benzene rings is 1. The molecule has 0 fully saturated rings. The van der Waals surface area contributed by atoms with Crippen LogP contribution in [0.5, 0.6) is 0 Å². The van der Waals surface area contributed by atoms with Crippen LogP contribution in [0.15, 0.2) is 35.1 Å². The Morgan fingerprint density at radius 3 is 2.83 bits per heavy atom. The van der Waals surface area contributed by atoms with E-state index in [9.17, 15) is 0 Å². The zero-order chi connectivity index (χ0) is 13.1. The molecule has 2 rings (SSSR count). The Morgan fingerprint density at radius 1 is 1.39 bits per heavy atom. The molecule has 0 saturated carbocycles. The molecule has 0 aliphatic rings. The number of hydrogen-bond acceptors (Lipinski definition) is 2. The molecule has 1 aromatic carbocycles. The summed E-state index contributed by atoms with van der Waals surface area (Å²) in [5.41, 5.74) is 2.34. The fraction of sp³-hybridized carbons (Fsp3) is 0.357. The van der Waals surface area contributed by atoms with Crippen LogP contribution in [0.2, 0.25) is 0 Å². The fourth-order valence-electron chi connectivity index (χ4n) is 1.73. The third-order valence-electron chi connectivity index (χ3n) is 2.67. The highest BCUT2D eigenvalue weighted by atomic mass is 79.9. The second-order valence-electron chi connectivity index (χ2n) is 4.85. The Balaban J connectivity index is 2.30. The first-order valence-corrected chi connectivity index (χ1v) is 6.91. The maximum Gasteiger partial charge on any atom is 0.207 e. The van der Waals surface area contributed by atoms with Gasteiger partial charge in [-0.3, -0.25) is 4.57 Å². The summed E-state index contributed by atoms with van der Waals surface area (Å²) in [6, 6.07) is 6.32. The quantitative estimate of drug-likeness (QED) is 0.925. The molecule has 0 aliphatic heterocycles. The molecule has 0 amide bonds. The van der Waals surface area contributed by atoms with Gasteiger partial charge in [0.15, 0.2) is 0 Å². The van der Waals surface area contributed by atoms with Crippen LogP contribution in [0.3, 0.4) is 0 Å². The number of imidazole rings is 1. The molecule has 96 valence electrons. The van der Waals surface area contributed by atoms with Gasteiger partial charge in [0.2, 0.25) is 5.95 Å². The number of halogens is 1. The average molecular weight is 308 g/mol. The molecule has 1 aromatic heterocycles. The molecule has 0 unspecified atom stereocenters. The second kappa shape index (κ2) is 5.57. The Bertz CT molecular complexity index is 532. The molecule has 0 saturated heterocycles. The lowest BCUT2D eigenvalue weighted by molar-refractivity contribution is 0.683. The van der Waals surface area contributed by atoms with E-state index < -0.39 is 0 Å². The van der Waals surface area contributed by atoms with Gasteiger partial charge >= 0.3 is 0 Å². The summed E-state index contributed by atoms with van der Waals surface area (Å²) in [6.07, 6.45) is 3.78. The van der Waals surface area contributed by atoms with Crippen molar-refractivity contribution < 1.29 is 0 Å². The third kappa shape index (κ3) is 2.93. The van der Waals surface area contributed by atoms with Crippen molar-refractivity contribution in [2.45, 2.75) is 20.8 Å². The lowest BCUT2D eigenvalue weighted by Crippen LogP contribution is -2.12. The average Bonchev–Trinajstić information content (AvgIpc) is 2.74. The SMILES string of the molecule is Cc1ccc(-n2ccnc2NCC(C)C)c(Br)c1. The summed E-state index contributed by atoms with van der Waals surface area (Å²) < 4.78 is 3.14. The van der Waals surface area contributed by atoms with Crippen molar-refractivity contribution in [3.05, 3.63) is 40.6 Å². The maximum atomic E-state index is 4.36. The van der Waals surface area contributed by atoms with Crippen LogP contribution < -0.4 is 5.32 Å². The Morgan fingerprint density at radius 2 is 2.17 bits per heavy atom. The number of hydrogen-bond donors (Lipinski definition) is 1. The van der Waals surface area contributed by atoms with Crippen molar-refractivity contribution in [1.29, 1.82) is 0 Å². The monoisotopic (exact) mass is 307 g/mol. The van der Waals surface area contributed by atoms with E-state index in [1.807, 2.05) is 12.4 Å². The van der Waals surface area contributed by atoms with Crippen molar-refractivity contribution in [3.8, 4) is 5.69 Å². The summed E-state index contributed by atoms with van der Waals surface area (Å²) >= 11 is 3.61. The molecule has 0 radical (unpaired) electrons. The lowest BCUT2D eigenvalue weighted by atomic mass is 10.2. The van der Waals surface area contributed by atoms with Gasteiger partial charge in [0.1, 0.15) is 0 Å². The zero-order valence-electron chi connectivity index (χ0n) is 10.9. The molecule has 0 atom stereocenters. The largest absolute Gasteiger partial charge is 0.355 e. The number of aryl methyl sites for hydroxylation is 1. The Kier molecular flexibility index (Phi) is 4.07. The minimum atomic E-state index is 0.594. The van der Waals surface area contributed by atoms with Gasteiger partial charge in [-0.05, 0) is 46.5 Å². The van der Waals surface area contributed by atoms with Crippen LogP contribution in [0.25, 0.3) is 5.69 Å². The smallest absolute Gasteiger partial charge is 0.207 e. The third-order valence-corrected chi connectivity index (χ3v) is 3.31. The lowest BCUT2D eigenvalue weighted by Gasteiger charge is -2.13. The highest BCUT2D eigenvalue weighted by Crippen LogP contribution is 2.24. The van der Waals surface area contributed by atoms with Crippen LogP contribution in [-0.4, -0.2) is 16.1 Å². The first kappa shape index (κ1) is 13.1. The highest BCUT2D eigenvalue weighted by molar-refractivity contribution is 9.10. The molecule has 3 nitrogen and oxygen atoms in total. The molecule has 0 bridgehead atoms. The summed E-state index contributed by atoms with van der Waals surface area (Å²) in [6.45, 7) is 7.37. The molecule has 2 aromatic rings. The fourth-order valence-corrected chi connectivity index (χ4v) is 2.42. The van der Waals surface area contributed by atoms with Crippen molar-refractivity contribution in [3.63, 3.8) is 0 Å². The number of anilines is 1. The summed E-state index contributed by atoms with van der Waals surface area (Å²) in [7, 11) is 0. The molecule has 1 heterocycles. The Labute approximate surface area is 116 Å². The normalized spacial score (nSPS) is 10.9. The van der Waals surface area contributed by atoms with Crippen LogP contribution >= 0.6 is 15.9 Å². The molecule has 18 heavy (non-hydrogen) atoms. The predicted molar refractivity (Wildman–Crippen MR) is 79.3 cm³/mol. The van der Waals surface area contributed by atoms with Gasteiger partial charge in [0.05, 0.1) is 5.69 Å². The van der Waals surface area contributed by atoms with Gasteiger partial charge in [-0.2, -0.15) is 0 Å². The summed E-state index contributed by atoms with van der Waals surface area (Å²) in [5, 5.41) is 3.36. The van der Waals surface area contributed by atoms with Crippen LogP contribution in [0.4, 0.5) is 5.95 Å². The van der Waals surface area contributed by atoms with Gasteiger partial charge in [0.25, 0.3) is 0 Å². The topological polar surface area (TPSA) is 29.9 Å². The van der Waals surface area contributed by atoms with E-state index in [0.29, 0.717) is 5.92 Å². The number of nitrogens with zero attached hydrogens (tertiary/aromatic N) is 2. The van der Waals surface area contributed by atoms with Gasteiger partial charge in [-0.1, -0.05) is 19.9 Å². The van der Waals surface area contributed by atoms with E-state index in [2.05, 4.69) is 69.8 Å². The van der Waals surface area contributed by atoms with Crippen molar-refractivity contribution in [1.82, 2.24) is 9.55 Å². The van der Waals surface area contributed by atoms with E-state index in [4.69, 9.17) is 0 Å². The van der Waals surface area contributed by atoms with Gasteiger partial charge in [-0.25, -0.2) is 4.98 Å². The summed E-state index contributed by atoms with van der Waals surface area (Å²) in [4.78, 5) is 4.36. The molecule has 4 heteroatoms. The van der Waals surface area contributed by atoms with E-state index in [-0.39, 0.29) is 0 Å².